The van der Waals surface area contributed by atoms with Crippen LogP contribution in [0.1, 0.15) is 24.3 Å². The van der Waals surface area contributed by atoms with Gasteiger partial charge in [-0.15, -0.1) is 0 Å². The number of hydrogen-bond donors (Lipinski definition) is 0. The van der Waals surface area contributed by atoms with Gasteiger partial charge in [-0.25, -0.2) is 4.98 Å². The fourth-order valence-corrected chi connectivity index (χ4v) is 2.65. The maximum absolute atomic E-state index is 5.89. The number of hydrogen-bond acceptors (Lipinski definition) is 2. The summed E-state index contributed by atoms with van der Waals surface area (Å²) in [7, 11) is 0. The predicted octanol–water partition coefficient (Wildman–Crippen LogP) is 4.82. The largest absolute Gasteiger partial charge is 0.489 e. The molecule has 0 amide bonds. The number of ether oxygens (including phenoxy) is 1. The van der Waals surface area contributed by atoms with E-state index in [9.17, 15) is 0 Å². The Labute approximate surface area is 125 Å². The first-order valence-electron chi connectivity index (χ1n) is 6.24. The topological polar surface area (TPSA) is 22.1 Å². The van der Waals surface area contributed by atoms with Gasteiger partial charge in [-0.2, -0.15) is 0 Å². The Kier molecular flexibility index (Phi) is 3.76. The van der Waals surface area contributed by atoms with Gasteiger partial charge in [-0.05, 0) is 64.5 Å². The van der Waals surface area contributed by atoms with Gasteiger partial charge in [-0.1, -0.05) is 23.7 Å². The zero-order valence-electron chi connectivity index (χ0n) is 10.2. The number of halogens is 2. The summed E-state index contributed by atoms with van der Waals surface area (Å²) in [5.41, 5.74) is 1.35. The van der Waals surface area contributed by atoms with Crippen LogP contribution in [-0.4, -0.2) is 11.1 Å². The molecule has 1 heterocycles. The van der Waals surface area contributed by atoms with Gasteiger partial charge in [-0.3, -0.25) is 0 Å². The molecule has 0 saturated heterocycles. The van der Waals surface area contributed by atoms with Crippen molar-refractivity contribution in [1.82, 2.24) is 4.98 Å². The molecule has 1 fully saturated rings. The van der Waals surface area contributed by atoms with Crippen molar-refractivity contribution in [3.63, 3.8) is 0 Å². The van der Waals surface area contributed by atoms with Crippen LogP contribution in [0.5, 0.6) is 5.75 Å². The van der Waals surface area contributed by atoms with Crippen molar-refractivity contribution >= 4 is 27.5 Å². The van der Waals surface area contributed by atoms with Crippen molar-refractivity contribution in [2.24, 2.45) is 0 Å². The number of aromatic nitrogens is 1. The highest BCUT2D eigenvalue weighted by Crippen LogP contribution is 2.39. The third-order valence-electron chi connectivity index (χ3n) is 3.44. The SMILES string of the molecule is Clc1ccc(C2CC(Oc3ccc(Br)nc3)C2)cc1. The summed E-state index contributed by atoms with van der Waals surface area (Å²) in [5, 5.41) is 0.789. The lowest BCUT2D eigenvalue weighted by atomic mass is 9.77. The van der Waals surface area contributed by atoms with E-state index >= 15 is 0 Å². The molecule has 1 saturated carbocycles. The van der Waals surface area contributed by atoms with Gasteiger partial charge in [0.1, 0.15) is 10.4 Å². The highest BCUT2D eigenvalue weighted by molar-refractivity contribution is 9.10. The molecule has 98 valence electrons. The molecule has 1 aromatic heterocycles. The van der Waals surface area contributed by atoms with Crippen LogP contribution in [0.15, 0.2) is 47.2 Å². The summed E-state index contributed by atoms with van der Waals surface area (Å²) in [6.45, 7) is 0. The highest BCUT2D eigenvalue weighted by atomic mass is 79.9. The van der Waals surface area contributed by atoms with E-state index in [0.29, 0.717) is 12.0 Å². The van der Waals surface area contributed by atoms with Crippen LogP contribution in [0.3, 0.4) is 0 Å². The van der Waals surface area contributed by atoms with Crippen molar-refractivity contribution in [3.05, 3.63) is 57.8 Å². The van der Waals surface area contributed by atoms with Gasteiger partial charge in [0.05, 0.1) is 12.3 Å². The molecule has 2 aromatic rings. The summed E-state index contributed by atoms with van der Waals surface area (Å²) >= 11 is 9.20. The second-order valence-electron chi connectivity index (χ2n) is 4.78. The van der Waals surface area contributed by atoms with E-state index in [0.717, 1.165) is 28.2 Å². The van der Waals surface area contributed by atoms with Gasteiger partial charge in [0, 0.05) is 5.02 Å². The summed E-state index contributed by atoms with van der Waals surface area (Å²) in [6, 6.07) is 11.9. The van der Waals surface area contributed by atoms with Crippen LogP contribution in [0.25, 0.3) is 0 Å². The van der Waals surface area contributed by atoms with Crippen molar-refractivity contribution in [1.29, 1.82) is 0 Å². The maximum Gasteiger partial charge on any atom is 0.138 e. The molecule has 3 rings (SSSR count). The fraction of sp³-hybridized carbons (Fsp3) is 0.267. The van der Waals surface area contributed by atoms with Gasteiger partial charge in [0.15, 0.2) is 0 Å². The van der Waals surface area contributed by atoms with Crippen LogP contribution in [0.2, 0.25) is 5.02 Å². The molecule has 2 nitrogen and oxygen atoms in total. The van der Waals surface area contributed by atoms with Crippen molar-refractivity contribution in [2.75, 3.05) is 0 Å². The third-order valence-corrected chi connectivity index (χ3v) is 4.16. The van der Waals surface area contributed by atoms with Gasteiger partial charge < -0.3 is 4.74 Å². The standard InChI is InChI=1S/C15H13BrClNO/c16-15-6-5-13(9-18-15)19-14-7-11(8-14)10-1-3-12(17)4-2-10/h1-6,9,11,14H,7-8H2. The number of pyridine rings is 1. The van der Waals surface area contributed by atoms with E-state index in [2.05, 4.69) is 33.0 Å². The van der Waals surface area contributed by atoms with Crippen molar-refractivity contribution in [2.45, 2.75) is 24.9 Å². The quantitative estimate of drug-likeness (QED) is 0.748. The maximum atomic E-state index is 5.89. The first-order chi connectivity index (χ1) is 9.20. The Morgan fingerprint density at radius 3 is 2.47 bits per heavy atom. The second kappa shape index (κ2) is 5.51. The molecule has 0 aliphatic heterocycles. The molecule has 19 heavy (non-hydrogen) atoms. The molecule has 0 N–H and O–H groups in total. The minimum atomic E-state index is 0.295. The average molecular weight is 339 g/mol. The third kappa shape index (κ3) is 3.10. The molecule has 1 aliphatic carbocycles. The molecular weight excluding hydrogens is 326 g/mol. The van der Waals surface area contributed by atoms with E-state index in [1.807, 2.05) is 24.3 Å². The average Bonchev–Trinajstić information content (AvgIpc) is 2.37. The summed E-state index contributed by atoms with van der Waals surface area (Å²) in [5.74, 6) is 1.42. The van der Waals surface area contributed by atoms with Crippen LogP contribution < -0.4 is 4.74 Å². The molecule has 0 spiro atoms. The molecular formula is C15H13BrClNO. The van der Waals surface area contributed by atoms with E-state index in [-0.39, 0.29) is 0 Å². The van der Waals surface area contributed by atoms with E-state index < -0.39 is 0 Å². The van der Waals surface area contributed by atoms with E-state index in [1.165, 1.54) is 5.56 Å². The first kappa shape index (κ1) is 12.9. The molecule has 0 bridgehead atoms. The Bertz CT molecular complexity index is 549. The fourth-order valence-electron chi connectivity index (χ4n) is 2.29. The molecule has 0 atom stereocenters. The van der Waals surface area contributed by atoms with Crippen LogP contribution in [0.4, 0.5) is 0 Å². The summed E-state index contributed by atoms with van der Waals surface area (Å²) in [6.07, 6.45) is 4.15. The predicted molar refractivity (Wildman–Crippen MR) is 79.8 cm³/mol. The molecule has 1 aliphatic rings. The monoisotopic (exact) mass is 337 g/mol. The van der Waals surface area contributed by atoms with Crippen molar-refractivity contribution in [3.8, 4) is 5.75 Å². The smallest absolute Gasteiger partial charge is 0.138 e. The normalized spacial score (nSPS) is 21.8. The highest BCUT2D eigenvalue weighted by Gasteiger charge is 2.31. The van der Waals surface area contributed by atoms with Crippen LogP contribution in [0, 0.1) is 0 Å². The van der Waals surface area contributed by atoms with Gasteiger partial charge >= 0.3 is 0 Å². The minimum Gasteiger partial charge on any atom is -0.489 e. The lowest BCUT2D eigenvalue weighted by Crippen LogP contribution is -2.32. The second-order valence-corrected chi connectivity index (χ2v) is 6.03. The Hall–Kier alpha value is -1.06. The molecule has 0 unspecified atom stereocenters. The number of rotatable bonds is 3. The van der Waals surface area contributed by atoms with Crippen LogP contribution in [-0.2, 0) is 0 Å². The molecule has 1 aromatic carbocycles. The molecule has 0 radical (unpaired) electrons. The van der Waals surface area contributed by atoms with Crippen molar-refractivity contribution < 1.29 is 4.74 Å². The Balaban J connectivity index is 1.55. The van der Waals surface area contributed by atoms with E-state index in [1.54, 1.807) is 6.20 Å². The number of benzene rings is 1. The van der Waals surface area contributed by atoms with Gasteiger partial charge in [0.2, 0.25) is 0 Å². The van der Waals surface area contributed by atoms with E-state index in [4.69, 9.17) is 16.3 Å². The molecule has 4 heteroatoms. The van der Waals surface area contributed by atoms with Crippen LogP contribution >= 0.6 is 27.5 Å². The minimum absolute atomic E-state index is 0.295. The lowest BCUT2D eigenvalue weighted by Gasteiger charge is -2.35. The zero-order valence-corrected chi connectivity index (χ0v) is 12.6. The zero-order chi connectivity index (χ0) is 13.2. The Morgan fingerprint density at radius 1 is 1.11 bits per heavy atom. The summed E-state index contributed by atoms with van der Waals surface area (Å²) < 4.78 is 6.70. The lowest BCUT2D eigenvalue weighted by molar-refractivity contribution is 0.0981. The summed E-state index contributed by atoms with van der Waals surface area (Å²) in [4.78, 5) is 4.15. The Morgan fingerprint density at radius 2 is 1.84 bits per heavy atom. The first-order valence-corrected chi connectivity index (χ1v) is 7.41. The number of nitrogens with zero attached hydrogens (tertiary/aromatic N) is 1. The van der Waals surface area contributed by atoms with Gasteiger partial charge in [0.25, 0.3) is 0 Å².